The highest BCUT2D eigenvalue weighted by Gasteiger charge is 2.11. The largest absolute Gasteiger partial charge is 0.482 e. The molecule has 142 valence electrons. The van der Waals surface area contributed by atoms with Crippen molar-refractivity contribution in [2.24, 2.45) is 0 Å². The summed E-state index contributed by atoms with van der Waals surface area (Å²) in [5.41, 5.74) is 1.08. The molecule has 0 fully saturated rings. The fourth-order valence-electron chi connectivity index (χ4n) is 2.30. The normalized spacial score (nSPS) is 10.9. The topological polar surface area (TPSA) is 92.0 Å². The summed E-state index contributed by atoms with van der Waals surface area (Å²) in [6.45, 7) is 2.13. The average molecular weight is 389 g/mol. The Morgan fingerprint density at radius 2 is 2.15 bits per heavy atom. The molecule has 3 aromatic rings. The fourth-order valence-corrected chi connectivity index (χ4v) is 3.20. The number of carbonyl (C=O) groups excluding carboxylic acids is 1. The predicted molar refractivity (Wildman–Crippen MR) is 99.2 cm³/mol. The molecule has 2 aromatic heterocycles. The zero-order valence-electron chi connectivity index (χ0n) is 15.0. The number of aromatic nitrogens is 3. The van der Waals surface area contributed by atoms with E-state index in [1.807, 2.05) is 25.1 Å². The third-order valence-electron chi connectivity index (χ3n) is 3.59. The molecule has 0 unspecified atom stereocenters. The lowest BCUT2D eigenvalue weighted by Crippen LogP contribution is -2.18. The first-order valence-corrected chi connectivity index (χ1v) is 9.09. The number of hydrogen-bond acceptors (Lipinski definition) is 8. The van der Waals surface area contributed by atoms with Crippen LogP contribution in [0.4, 0.5) is 0 Å². The van der Waals surface area contributed by atoms with Gasteiger partial charge in [-0.2, -0.15) is 9.61 Å². The van der Waals surface area contributed by atoms with Gasteiger partial charge in [-0.05, 0) is 24.6 Å². The Hall–Kier alpha value is -2.78. The molecule has 0 radical (unpaired) electrons. The molecular formula is C18H19N3O5S. The van der Waals surface area contributed by atoms with Gasteiger partial charge in [0.25, 0.3) is 5.56 Å². The van der Waals surface area contributed by atoms with Crippen molar-refractivity contribution in [3.8, 4) is 5.75 Å². The zero-order chi connectivity index (χ0) is 19.2. The molecule has 0 spiro atoms. The van der Waals surface area contributed by atoms with Crippen LogP contribution in [0, 0.1) is 6.92 Å². The third-order valence-corrected chi connectivity index (χ3v) is 4.56. The van der Waals surface area contributed by atoms with E-state index >= 15 is 0 Å². The van der Waals surface area contributed by atoms with Crippen LogP contribution in [0.1, 0.15) is 16.3 Å². The van der Waals surface area contributed by atoms with Crippen molar-refractivity contribution in [3.05, 3.63) is 57.0 Å². The highest BCUT2D eigenvalue weighted by Crippen LogP contribution is 2.13. The Morgan fingerprint density at radius 1 is 1.30 bits per heavy atom. The number of aryl methyl sites for hydroxylation is 1. The third kappa shape index (κ3) is 5.11. The Labute approximate surface area is 159 Å². The van der Waals surface area contributed by atoms with Gasteiger partial charge in [0, 0.05) is 19.6 Å². The minimum atomic E-state index is -0.538. The molecule has 0 aliphatic heterocycles. The lowest BCUT2D eigenvalue weighted by Gasteiger charge is -2.07. The molecule has 9 heteroatoms. The van der Waals surface area contributed by atoms with Gasteiger partial charge in [-0.3, -0.25) is 4.79 Å². The van der Waals surface area contributed by atoms with Gasteiger partial charge in [-0.25, -0.2) is 9.78 Å². The maximum atomic E-state index is 12.1. The van der Waals surface area contributed by atoms with Gasteiger partial charge < -0.3 is 14.2 Å². The smallest absolute Gasteiger partial charge is 0.344 e. The van der Waals surface area contributed by atoms with Crippen molar-refractivity contribution in [2.45, 2.75) is 20.0 Å². The molecule has 0 atom stereocenters. The number of benzene rings is 1. The number of hydrogen-bond donors (Lipinski definition) is 0. The van der Waals surface area contributed by atoms with Crippen molar-refractivity contribution in [2.75, 3.05) is 20.3 Å². The minimum Gasteiger partial charge on any atom is -0.482 e. The van der Waals surface area contributed by atoms with Gasteiger partial charge in [0.05, 0.1) is 12.3 Å². The zero-order valence-corrected chi connectivity index (χ0v) is 15.8. The number of methoxy groups -OCH3 is 1. The van der Waals surface area contributed by atoms with Crippen molar-refractivity contribution in [3.63, 3.8) is 0 Å². The van der Waals surface area contributed by atoms with Crippen molar-refractivity contribution in [1.29, 1.82) is 0 Å². The van der Waals surface area contributed by atoms with Gasteiger partial charge in [0.15, 0.2) is 6.61 Å². The van der Waals surface area contributed by atoms with Crippen molar-refractivity contribution < 1.29 is 19.0 Å². The van der Waals surface area contributed by atoms with Gasteiger partial charge in [-0.15, -0.1) is 0 Å². The summed E-state index contributed by atoms with van der Waals surface area (Å²) in [7, 11) is 1.60. The maximum absolute atomic E-state index is 12.1. The monoisotopic (exact) mass is 389 g/mol. The van der Waals surface area contributed by atoms with Crippen LogP contribution in [0.2, 0.25) is 0 Å². The molecule has 27 heavy (non-hydrogen) atoms. The molecule has 0 N–H and O–H groups in total. The van der Waals surface area contributed by atoms with Crippen LogP contribution in [-0.2, 0) is 27.3 Å². The highest BCUT2D eigenvalue weighted by atomic mass is 32.1. The summed E-state index contributed by atoms with van der Waals surface area (Å²) in [4.78, 5) is 28.8. The second-order valence-corrected chi connectivity index (χ2v) is 6.83. The van der Waals surface area contributed by atoms with Gasteiger partial charge in [-0.1, -0.05) is 23.5 Å². The molecular weight excluding hydrogens is 370 g/mol. The average Bonchev–Trinajstić information content (AvgIpc) is 3.06. The van der Waals surface area contributed by atoms with E-state index in [2.05, 4.69) is 10.1 Å². The molecule has 0 amide bonds. The maximum Gasteiger partial charge on any atom is 0.344 e. The lowest BCUT2D eigenvalue weighted by molar-refractivity contribution is -0.147. The number of fused-ring (bicyclic) bond motifs is 1. The molecule has 3 rings (SSSR count). The minimum absolute atomic E-state index is 0.104. The van der Waals surface area contributed by atoms with Crippen LogP contribution in [0.5, 0.6) is 5.75 Å². The van der Waals surface area contributed by atoms with E-state index < -0.39 is 5.97 Å². The molecule has 0 aliphatic rings. The second kappa shape index (κ2) is 8.74. The molecule has 0 aliphatic carbocycles. The first kappa shape index (κ1) is 19.0. The van der Waals surface area contributed by atoms with E-state index in [1.165, 1.54) is 21.9 Å². The lowest BCUT2D eigenvalue weighted by atomic mass is 10.2. The van der Waals surface area contributed by atoms with E-state index in [0.717, 1.165) is 10.6 Å². The molecule has 0 saturated carbocycles. The summed E-state index contributed by atoms with van der Waals surface area (Å²) in [6, 6.07) is 8.68. The molecule has 0 saturated heterocycles. The summed E-state index contributed by atoms with van der Waals surface area (Å²) >= 11 is 1.30. The van der Waals surface area contributed by atoms with E-state index in [-0.39, 0.29) is 18.8 Å². The quantitative estimate of drug-likeness (QED) is 0.542. The SMILES string of the molecule is COCCc1nn2c(=O)cc(COC(=O)COc3cccc(C)c3)nc2s1. The second-order valence-electron chi connectivity index (χ2n) is 5.78. The van der Waals surface area contributed by atoms with Crippen LogP contribution in [0.25, 0.3) is 4.96 Å². The van der Waals surface area contributed by atoms with Crippen LogP contribution in [-0.4, -0.2) is 40.9 Å². The van der Waals surface area contributed by atoms with Crippen molar-refractivity contribution >= 4 is 22.3 Å². The van der Waals surface area contributed by atoms with Gasteiger partial charge in [0.2, 0.25) is 4.96 Å². The Kier molecular flexibility index (Phi) is 6.15. The fraction of sp³-hybridized carbons (Fsp3) is 0.333. The van der Waals surface area contributed by atoms with Crippen LogP contribution in [0.3, 0.4) is 0 Å². The Balaban J connectivity index is 1.59. The first-order chi connectivity index (χ1) is 13.0. The molecule has 1 aromatic carbocycles. The number of carbonyl (C=O) groups is 1. The van der Waals surface area contributed by atoms with E-state index in [4.69, 9.17) is 14.2 Å². The standard InChI is InChI=1S/C18H19N3O5S/c1-12-4-3-5-14(8-12)25-11-17(23)26-10-13-9-16(22)21-18(19-13)27-15(20-21)6-7-24-2/h3-5,8-9H,6-7,10-11H2,1-2H3. The van der Waals surface area contributed by atoms with Gasteiger partial charge in [0.1, 0.15) is 17.4 Å². The number of esters is 1. The van der Waals surface area contributed by atoms with E-state index in [1.54, 1.807) is 13.2 Å². The van der Waals surface area contributed by atoms with Crippen LogP contribution in [0.15, 0.2) is 35.1 Å². The van der Waals surface area contributed by atoms with Crippen LogP contribution < -0.4 is 10.3 Å². The van der Waals surface area contributed by atoms with Crippen LogP contribution >= 0.6 is 11.3 Å². The molecule has 8 nitrogen and oxygen atoms in total. The number of ether oxygens (including phenoxy) is 3. The number of nitrogens with zero attached hydrogens (tertiary/aromatic N) is 3. The van der Waals surface area contributed by atoms with Crippen molar-refractivity contribution in [1.82, 2.24) is 14.6 Å². The summed E-state index contributed by atoms with van der Waals surface area (Å²) in [6.07, 6.45) is 0.602. The highest BCUT2D eigenvalue weighted by molar-refractivity contribution is 7.16. The molecule has 2 heterocycles. The summed E-state index contributed by atoms with van der Waals surface area (Å²) in [5, 5.41) is 4.96. The predicted octanol–water partition coefficient (Wildman–Crippen LogP) is 1.77. The van der Waals surface area contributed by atoms with Gasteiger partial charge >= 0.3 is 5.97 Å². The summed E-state index contributed by atoms with van der Waals surface area (Å²) in [5.74, 6) is 0.0570. The van der Waals surface area contributed by atoms with E-state index in [9.17, 15) is 9.59 Å². The van der Waals surface area contributed by atoms with E-state index in [0.29, 0.717) is 29.4 Å². The Morgan fingerprint density at radius 3 is 2.93 bits per heavy atom. The first-order valence-electron chi connectivity index (χ1n) is 8.28. The summed E-state index contributed by atoms with van der Waals surface area (Å²) < 4.78 is 16.8. The number of rotatable bonds is 8. The molecule has 0 bridgehead atoms. The Bertz CT molecular complexity index is 998.